The molecule has 0 aliphatic carbocycles. The minimum absolute atomic E-state index is 0.0137. The molecular weight excluding hydrogens is 332 g/mol. The first kappa shape index (κ1) is 18.0. The topological polar surface area (TPSA) is 76.6 Å². The maximum Gasteiger partial charge on any atom is 0.253 e. The summed E-state index contributed by atoms with van der Waals surface area (Å²) in [6.07, 6.45) is 5.20. The molecule has 0 radical (unpaired) electrons. The van der Waals surface area contributed by atoms with Crippen LogP contribution in [0.5, 0.6) is 11.5 Å². The summed E-state index contributed by atoms with van der Waals surface area (Å²) < 4.78 is 10.5. The standard InChI is InChI=1S/C19H24N4O3/c1-13-11-20-12-18(21-13)22-15-6-8-23(9-7-15)19(24)14-4-5-16(25-2)17(10-14)26-3/h4-5,10-12,15H,6-9H2,1-3H3,(H,21,22). The summed E-state index contributed by atoms with van der Waals surface area (Å²) >= 11 is 0. The third-order valence-corrected chi connectivity index (χ3v) is 4.52. The molecule has 1 saturated heterocycles. The van der Waals surface area contributed by atoms with Crippen LogP contribution in [0.4, 0.5) is 5.82 Å². The zero-order valence-corrected chi connectivity index (χ0v) is 15.4. The van der Waals surface area contributed by atoms with Gasteiger partial charge in [0.1, 0.15) is 5.82 Å². The van der Waals surface area contributed by atoms with Crippen molar-refractivity contribution >= 4 is 11.7 Å². The highest BCUT2D eigenvalue weighted by molar-refractivity contribution is 5.95. The van der Waals surface area contributed by atoms with Crippen LogP contribution in [0, 0.1) is 6.92 Å². The Morgan fingerprint density at radius 3 is 2.54 bits per heavy atom. The number of methoxy groups -OCH3 is 2. The van der Waals surface area contributed by atoms with Crippen LogP contribution >= 0.6 is 0 Å². The van der Waals surface area contributed by atoms with Gasteiger partial charge in [-0.15, -0.1) is 0 Å². The van der Waals surface area contributed by atoms with Gasteiger partial charge in [0.05, 0.1) is 26.1 Å². The Hall–Kier alpha value is -2.83. The van der Waals surface area contributed by atoms with Gasteiger partial charge in [0, 0.05) is 30.9 Å². The van der Waals surface area contributed by atoms with E-state index in [1.54, 1.807) is 44.8 Å². The van der Waals surface area contributed by atoms with Gasteiger partial charge in [-0.3, -0.25) is 9.78 Å². The van der Waals surface area contributed by atoms with Gasteiger partial charge >= 0.3 is 0 Å². The number of ether oxygens (including phenoxy) is 2. The van der Waals surface area contributed by atoms with E-state index in [0.717, 1.165) is 24.4 Å². The maximum atomic E-state index is 12.8. The number of benzene rings is 1. The molecule has 1 amide bonds. The highest BCUT2D eigenvalue weighted by Gasteiger charge is 2.24. The molecule has 0 unspecified atom stereocenters. The summed E-state index contributed by atoms with van der Waals surface area (Å²) in [5, 5.41) is 3.41. The molecule has 2 heterocycles. The molecule has 26 heavy (non-hydrogen) atoms. The highest BCUT2D eigenvalue weighted by Crippen LogP contribution is 2.28. The quantitative estimate of drug-likeness (QED) is 0.887. The Morgan fingerprint density at radius 1 is 1.15 bits per heavy atom. The number of nitrogens with one attached hydrogen (secondary N) is 1. The molecule has 1 aliphatic heterocycles. The number of rotatable bonds is 5. The molecule has 7 nitrogen and oxygen atoms in total. The molecule has 2 aromatic rings. The molecule has 1 aromatic heterocycles. The number of aromatic nitrogens is 2. The van der Waals surface area contributed by atoms with E-state index in [1.807, 2.05) is 11.8 Å². The zero-order valence-electron chi connectivity index (χ0n) is 15.4. The predicted octanol–water partition coefficient (Wildman–Crippen LogP) is 2.52. The number of aryl methyl sites for hydroxylation is 1. The first-order valence-electron chi connectivity index (χ1n) is 8.67. The van der Waals surface area contributed by atoms with Crippen LogP contribution in [-0.4, -0.2) is 54.1 Å². The smallest absolute Gasteiger partial charge is 0.253 e. The van der Waals surface area contributed by atoms with E-state index in [0.29, 0.717) is 36.2 Å². The summed E-state index contributed by atoms with van der Waals surface area (Å²) in [6, 6.07) is 5.56. The minimum Gasteiger partial charge on any atom is -0.493 e. The fraction of sp³-hybridized carbons (Fsp3) is 0.421. The highest BCUT2D eigenvalue weighted by atomic mass is 16.5. The average Bonchev–Trinajstić information content (AvgIpc) is 2.67. The molecule has 1 aromatic carbocycles. The summed E-state index contributed by atoms with van der Waals surface area (Å²) in [5.41, 5.74) is 1.50. The van der Waals surface area contributed by atoms with Crippen LogP contribution in [0.25, 0.3) is 0 Å². The molecule has 138 valence electrons. The van der Waals surface area contributed by atoms with Crippen molar-refractivity contribution in [1.29, 1.82) is 0 Å². The second-order valence-corrected chi connectivity index (χ2v) is 6.33. The number of hydrogen-bond acceptors (Lipinski definition) is 6. The third-order valence-electron chi connectivity index (χ3n) is 4.52. The van der Waals surface area contributed by atoms with Crippen molar-refractivity contribution in [3.05, 3.63) is 41.9 Å². The lowest BCUT2D eigenvalue weighted by atomic mass is 10.0. The Labute approximate surface area is 153 Å². The first-order chi connectivity index (χ1) is 12.6. The van der Waals surface area contributed by atoms with Crippen LogP contribution in [0.2, 0.25) is 0 Å². The van der Waals surface area contributed by atoms with Crippen molar-refractivity contribution in [2.24, 2.45) is 0 Å². The van der Waals surface area contributed by atoms with Gasteiger partial charge in [0.15, 0.2) is 11.5 Å². The van der Waals surface area contributed by atoms with Gasteiger partial charge < -0.3 is 19.7 Å². The van der Waals surface area contributed by atoms with Crippen LogP contribution in [0.15, 0.2) is 30.6 Å². The van der Waals surface area contributed by atoms with Crippen LogP contribution in [0.3, 0.4) is 0 Å². The Bertz CT molecular complexity index is 773. The molecule has 1 N–H and O–H groups in total. The lowest BCUT2D eigenvalue weighted by molar-refractivity contribution is 0.0718. The van der Waals surface area contributed by atoms with Crippen molar-refractivity contribution in [2.75, 3.05) is 32.6 Å². The molecule has 3 rings (SSSR count). The summed E-state index contributed by atoms with van der Waals surface area (Å²) in [5.74, 6) is 1.98. The molecule has 7 heteroatoms. The molecule has 0 saturated carbocycles. The number of carbonyl (C=O) groups excluding carboxylic acids is 1. The Balaban J connectivity index is 1.60. The van der Waals surface area contributed by atoms with E-state index < -0.39 is 0 Å². The van der Waals surface area contributed by atoms with Crippen LogP contribution in [0.1, 0.15) is 28.9 Å². The summed E-state index contributed by atoms with van der Waals surface area (Å²) in [7, 11) is 3.15. The maximum absolute atomic E-state index is 12.8. The Morgan fingerprint density at radius 2 is 1.88 bits per heavy atom. The molecule has 0 spiro atoms. The van der Waals surface area contributed by atoms with Gasteiger partial charge in [-0.1, -0.05) is 0 Å². The number of nitrogens with zero attached hydrogens (tertiary/aromatic N) is 3. The third kappa shape index (κ3) is 4.04. The van der Waals surface area contributed by atoms with E-state index >= 15 is 0 Å². The van der Waals surface area contributed by atoms with Crippen molar-refractivity contribution in [1.82, 2.24) is 14.9 Å². The number of amides is 1. The second-order valence-electron chi connectivity index (χ2n) is 6.33. The normalized spacial score (nSPS) is 14.8. The number of piperidine rings is 1. The zero-order chi connectivity index (χ0) is 18.5. The van der Waals surface area contributed by atoms with Crippen LogP contribution < -0.4 is 14.8 Å². The fourth-order valence-corrected chi connectivity index (χ4v) is 3.12. The largest absolute Gasteiger partial charge is 0.493 e. The molecule has 1 aliphatic rings. The van der Waals surface area contributed by atoms with Gasteiger partial charge in [0.2, 0.25) is 0 Å². The molecule has 1 fully saturated rings. The SMILES string of the molecule is COc1ccc(C(=O)N2CCC(Nc3cncc(C)n3)CC2)cc1OC. The molecule has 0 atom stereocenters. The van der Waals surface area contributed by atoms with Crippen molar-refractivity contribution in [2.45, 2.75) is 25.8 Å². The first-order valence-corrected chi connectivity index (χ1v) is 8.67. The molecular formula is C19H24N4O3. The second kappa shape index (κ2) is 8.03. The van der Waals surface area contributed by atoms with Crippen molar-refractivity contribution < 1.29 is 14.3 Å². The Kier molecular flexibility index (Phi) is 5.55. The van der Waals surface area contributed by atoms with E-state index in [1.165, 1.54) is 0 Å². The number of likely N-dealkylation sites (tertiary alicyclic amines) is 1. The summed E-state index contributed by atoms with van der Waals surface area (Å²) in [4.78, 5) is 23.2. The number of carbonyl (C=O) groups is 1. The van der Waals surface area contributed by atoms with Crippen molar-refractivity contribution in [3.8, 4) is 11.5 Å². The summed E-state index contributed by atoms with van der Waals surface area (Å²) in [6.45, 7) is 3.32. The monoisotopic (exact) mass is 356 g/mol. The average molecular weight is 356 g/mol. The number of hydrogen-bond donors (Lipinski definition) is 1. The van der Waals surface area contributed by atoms with Crippen LogP contribution in [-0.2, 0) is 0 Å². The van der Waals surface area contributed by atoms with Crippen molar-refractivity contribution in [3.63, 3.8) is 0 Å². The van der Waals surface area contributed by atoms with E-state index in [-0.39, 0.29) is 5.91 Å². The fourth-order valence-electron chi connectivity index (χ4n) is 3.12. The van der Waals surface area contributed by atoms with Gasteiger partial charge in [-0.05, 0) is 38.0 Å². The molecule has 0 bridgehead atoms. The van der Waals surface area contributed by atoms with E-state index in [2.05, 4.69) is 15.3 Å². The van der Waals surface area contributed by atoms with Gasteiger partial charge in [-0.2, -0.15) is 0 Å². The number of anilines is 1. The van der Waals surface area contributed by atoms with E-state index in [4.69, 9.17) is 9.47 Å². The predicted molar refractivity (Wildman–Crippen MR) is 98.9 cm³/mol. The van der Waals surface area contributed by atoms with E-state index in [9.17, 15) is 4.79 Å². The minimum atomic E-state index is 0.0137. The lowest BCUT2D eigenvalue weighted by Gasteiger charge is -2.32. The van der Waals surface area contributed by atoms with Gasteiger partial charge in [-0.25, -0.2) is 4.98 Å². The lowest BCUT2D eigenvalue weighted by Crippen LogP contribution is -2.42. The van der Waals surface area contributed by atoms with Gasteiger partial charge in [0.25, 0.3) is 5.91 Å².